The molecule has 0 unspecified atom stereocenters. The molecule has 0 spiro atoms. The van der Waals surface area contributed by atoms with Crippen LogP contribution in [0.15, 0.2) is 78.8 Å². The number of nitrogens with one attached hydrogen (secondary N) is 3. The molecular weight excluding hydrogens is 500 g/mol. The van der Waals surface area contributed by atoms with Crippen LogP contribution in [0.5, 0.6) is 0 Å². The van der Waals surface area contributed by atoms with Crippen molar-refractivity contribution in [3.05, 3.63) is 84.4 Å². The van der Waals surface area contributed by atoms with Crippen LogP contribution in [0.4, 0.5) is 5.95 Å². The first-order chi connectivity index (χ1) is 18.9. The van der Waals surface area contributed by atoms with E-state index in [1.54, 1.807) is 6.33 Å². The number of aryl methyl sites for hydroxylation is 1. The summed E-state index contributed by atoms with van der Waals surface area (Å²) in [5.74, 6) is 2.52. The molecular formula is C32H46N6O2. The third kappa shape index (κ3) is 11.6. The highest BCUT2D eigenvalue weighted by atomic mass is 16.5. The second-order valence-corrected chi connectivity index (χ2v) is 12.0. The second-order valence-electron chi connectivity index (χ2n) is 12.0. The van der Waals surface area contributed by atoms with Crippen molar-refractivity contribution in [1.82, 2.24) is 25.6 Å². The molecule has 1 aromatic carbocycles. The molecule has 3 N–H and O–H groups in total. The minimum absolute atomic E-state index is 0.234. The number of aromatic nitrogens is 3. The molecule has 2 aromatic rings. The fourth-order valence-electron chi connectivity index (χ4n) is 4.24. The van der Waals surface area contributed by atoms with Gasteiger partial charge in [-0.1, -0.05) is 36.4 Å². The van der Waals surface area contributed by atoms with Gasteiger partial charge in [-0.25, -0.2) is 9.97 Å². The van der Waals surface area contributed by atoms with Gasteiger partial charge in [0.25, 0.3) is 0 Å². The monoisotopic (exact) mass is 546 g/mol. The summed E-state index contributed by atoms with van der Waals surface area (Å²) in [6.07, 6.45) is 9.72. The maximum atomic E-state index is 5.80. The van der Waals surface area contributed by atoms with Crippen LogP contribution in [0.2, 0.25) is 0 Å². The van der Waals surface area contributed by atoms with Crippen molar-refractivity contribution in [2.24, 2.45) is 0 Å². The molecule has 8 heteroatoms. The van der Waals surface area contributed by atoms with Crippen LogP contribution in [-0.4, -0.2) is 45.8 Å². The van der Waals surface area contributed by atoms with Crippen LogP contribution < -0.4 is 16.0 Å². The second kappa shape index (κ2) is 14.1. The van der Waals surface area contributed by atoms with Gasteiger partial charge < -0.3 is 25.4 Å². The number of benzene rings is 1. The molecule has 1 aliphatic rings. The Hall–Kier alpha value is -3.65. The molecule has 1 heterocycles. The van der Waals surface area contributed by atoms with Gasteiger partial charge in [0.15, 0.2) is 11.7 Å². The van der Waals surface area contributed by atoms with E-state index in [0.717, 1.165) is 55.8 Å². The molecule has 0 bridgehead atoms. The topological polar surface area (TPSA) is 93.2 Å². The predicted octanol–water partition coefficient (Wildman–Crippen LogP) is 6.28. The van der Waals surface area contributed by atoms with Gasteiger partial charge in [-0.3, -0.25) is 0 Å². The lowest BCUT2D eigenvalue weighted by Gasteiger charge is -2.23. The van der Waals surface area contributed by atoms with Crippen LogP contribution in [0, 0.1) is 0 Å². The quantitative estimate of drug-likeness (QED) is 0.188. The minimum Gasteiger partial charge on any atom is -0.492 e. The Labute approximate surface area is 240 Å². The minimum atomic E-state index is -0.252. The Morgan fingerprint density at radius 1 is 1.02 bits per heavy atom. The molecule has 1 aliphatic carbocycles. The Bertz CT molecular complexity index is 1220. The van der Waals surface area contributed by atoms with Crippen LogP contribution >= 0.6 is 0 Å². The van der Waals surface area contributed by atoms with E-state index < -0.39 is 0 Å². The molecule has 0 saturated carbocycles. The van der Waals surface area contributed by atoms with Gasteiger partial charge in [0.2, 0.25) is 5.95 Å². The first-order valence-electron chi connectivity index (χ1n) is 14.0. The van der Waals surface area contributed by atoms with Crippen LogP contribution in [0.1, 0.15) is 66.4 Å². The highest BCUT2D eigenvalue weighted by Gasteiger charge is 2.14. The molecule has 0 saturated heterocycles. The molecule has 216 valence electrons. The van der Waals surface area contributed by atoms with E-state index in [0.29, 0.717) is 24.2 Å². The first kappa shape index (κ1) is 30.9. The van der Waals surface area contributed by atoms with Gasteiger partial charge in [-0.05, 0) is 91.5 Å². The molecule has 8 nitrogen and oxygen atoms in total. The number of rotatable bonds is 14. The molecule has 1 aromatic heterocycles. The molecule has 3 rings (SSSR count). The van der Waals surface area contributed by atoms with Gasteiger partial charge in [-0.2, -0.15) is 4.98 Å². The maximum absolute atomic E-state index is 5.80. The maximum Gasteiger partial charge on any atom is 0.230 e. The van der Waals surface area contributed by atoms with Crippen LogP contribution in [0.3, 0.4) is 0 Å². The van der Waals surface area contributed by atoms with Crippen molar-refractivity contribution in [3.8, 4) is 11.4 Å². The third-order valence-corrected chi connectivity index (χ3v) is 5.72. The summed E-state index contributed by atoms with van der Waals surface area (Å²) < 4.78 is 11.5. The van der Waals surface area contributed by atoms with Crippen LogP contribution in [0.25, 0.3) is 11.4 Å². The van der Waals surface area contributed by atoms with E-state index >= 15 is 0 Å². The lowest BCUT2D eigenvalue weighted by molar-refractivity contribution is 0.0415. The highest BCUT2D eigenvalue weighted by molar-refractivity contribution is 5.57. The smallest absolute Gasteiger partial charge is 0.230 e. The fourth-order valence-corrected chi connectivity index (χ4v) is 4.24. The number of hydrogen-bond acceptors (Lipinski definition) is 8. The Balaban J connectivity index is 1.52. The largest absolute Gasteiger partial charge is 0.492 e. The Kier molecular flexibility index (Phi) is 10.9. The normalized spacial score (nSPS) is 13.7. The van der Waals surface area contributed by atoms with Gasteiger partial charge in [0.1, 0.15) is 23.3 Å². The lowest BCUT2D eigenvalue weighted by Crippen LogP contribution is -2.26. The number of allylic oxidation sites excluding steroid dienone is 2. The van der Waals surface area contributed by atoms with Crippen molar-refractivity contribution < 1.29 is 9.47 Å². The molecule has 0 radical (unpaired) electrons. The van der Waals surface area contributed by atoms with Crippen molar-refractivity contribution in [2.75, 3.05) is 25.0 Å². The molecule has 0 aliphatic heterocycles. The van der Waals surface area contributed by atoms with Crippen molar-refractivity contribution in [1.29, 1.82) is 0 Å². The first-order valence-corrected chi connectivity index (χ1v) is 14.0. The summed E-state index contributed by atoms with van der Waals surface area (Å²) in [6, 6.07) is 8.34. The molecule has 40 heavy (non-hydrogen) atoms. The number of hydrogen-bond donors (Lipinski definition) is 3. The zero-order valence-electron chi connectivity index (χ0n) is 25.1. The molecule has 0 atom stereocenters. The van der Waals surface area contributed by atoms with E-state index in [9.17, 15) is 0 Å². The van der Waals surface area contributed by atoms with Gasteiger partial charge in [-0.15, -0.1) is 0 Å². The van der Waals surface area contributed by atoms with E-state index in [-0.39, 0.29) is 11.2 Å². The van der Waals surface area contributed by atoms with Gasteiger partial charge in [0.05, 0.1) is 6.54 Å². The summed E-state index contributed by atoms with van der Waals surface area (Å²) in [5.41, 5.74) is 4.00. The summed E-state index contributed by atoms with van der Waals surface area (Å²) >= 11 is 0. The SMILES string of the molecule is C=C(CNCC1=CC(Nc2ncnc(-c3cccc(CCCNC(=C)OC(C)(C)C)c3)n2)=CCC1)OC(C)(C)C. The predicted molar refractivity (Wildman–Crippen MR) is 163 cm³/mol. The number of nitrogens with zero attached hydrogens (tertiary/aromatic N) is 3. The van der Waals surface area contributed by atoms with E-state index in [4.69, 9.17) is 9.47 Å². The number of anilines is 1. The van der Waals surface area contributed by atoms with Crippen molar-refractivity contribution >= 4 is 5.95 Å². The van der Waals surface area contributed by atoms with E-state index in [1.165, 1.54) is 11.1 Å². The molecule has 0 fully saturated rings. The standard InChI is InChI=1S/C32H46N6O2/c1-23(39-31(3,4)5)20-33-21-26-13-10-16-28(19-26)37-30-36-22-35-29(38-30)27-15-9-12-25(18-27)14-11-17-34-24(2)40-32(6,7)8/h9,12,15-16,18-19,22,33-34H,1-2,10-11,13-14,17,20-21H2,3-8H3,(H,35,36,37,38). The average Bonchev–Trinajstić information content (AvgIpc) is 2.85. The van der Waals surface area contributed by atoms with Crippen molar-refractivity contribution in [3.63, 3.8) is 0 Å². The van der Waals surface area contributed by atoms with Gasteiger partial charge in [0, 0.05) is 24.4 Å². The number of ether oxygens (including phenoxy) is 2. The van der Waals surface area contributed by atoms with Crippen molar-refractivity contribution in [2.45, 2.75) is 78.4 Å². The Morgan fingerprint density at radius 3 is 2.55 bits per heavy atom. The highest BCUT2D eigenvalue weighted by Crippen LogP contribution is 2.21. The fraction of sp³-hybridized carbons (Fsp3) is 0.469. The van der Waals surface area contributed by atoms with Gasteiger partial charge >= 0.3 is 0 Å². The summed E-state index contributed by atoms with van der Waals surface area (Å²) in [6.45, 7) is 22.2. The van der Waals surface area contributed by atoms with E-state index in [1.807, 2.05) is 53.7 Å². The third-order valence-electron chi connectivity index (χ3n) is 5.72. The lowest BCUT2D eigenvalue weighted by atomic mass is 10.0. The average molecular weight is 547 g/mol. The Morgan fingerprint density at radius 2 is 1.80 bits per heavy atom. The molecule has 0 amide bonds. The summed E-state index contributed by atoms with van der Waals surface area (Å²) in [5, 5.41) is 10.0. The van der Waals surface area contributed by atoms with Crippen LogP contribution in [-0.2, 0) is 15.9 Å². The zero-order chi connectivity index (χ0) is 29.2. The summed E-state index contributed by atoms with van der Waals surface area (Å²) in [4.78, 5) is 13.5. The van der Waals surface area contributed by atoms with E-state index in [2.05, 4.69) is 68.3 Å². The zero-order valence-corrected chi connectivity index (χ0v) is 25.1. The summed E-state index contributed by atoms with van der Waals surface area (Å²) in [7, 11) is 0.